The molecule has 20 heavy (non-hydrogen) atoms. The highest BCUT2D eigenvalue weighted by atomic mass is 16.5. The first-order chi connectivity index (χ1) is 9.36. The van der Waals surface area contributed by atoms with Crippen molar-refractivity contribution in [2.75, 3.05) is 26.8 Å². The molecule has 1 saturated heterocycles. The lowest BCUT2D eigenvalue weighted by Gasteiger charge is -2.25. The lowest BCUT2D eigenvalue weighted by molar-refractivity contribution is -0.144. The summed E-state index contributed by atoms with van der Waals surface area (Å²) in [7, 11) is 3.50. The molecule has 7 nitrogen and oxygen atoms in total. The number of methoxy groups -OCH3 is 1. The number of hydrogen-bond donors (Lipinski definition) is 3. The Morgan fingerprint density at radius 3 is 2.75 bits per heavy atom. The van der Waals surface area contributed by atoms with E-state index in [1.54, 1.807) is 0 Å². The largest absolute Gasteiger partial charge is 0.480 e. The predicted octanol–water partition coefficient (Wildman–Crippen LogP) is -1.97. The molecule has 0 aromatic heterocycles. The van der Waals surface area contributed by atoms with Crippen LogP contribution >= 0.6 is 0 Å². The van der Waals surface area contributed by atoms with Crippen molar-refractivity contribution >= 4 is 19.7 Å². The molecule has 3 atom stereocenters. The van der Waals surface area contributed by atoms with Crippen molar-refractivity contribution in [2.45, 2.75) is 30.7 Å². The van der Waals surface area contributed by atoms with Crippen molar-refractivity contribution in [1.29, 1.82) is 0 Å². The van der Waals surface area contributed by atoms with Crippen LogP contribution in [0.5, 0.6) is 0 Å². The van der Waals surface area contributed by atoms with Crippen molar-refractivity contribution in [1.82, 2.24) is 4.90 Å². The number of nitrogens with zero attached hydrogens (tertiary/aromatic N) is 1. The fourth-order valence-corrected chi connectivity index (χ4v) is 2.63. The molecule has 0 aliphatic carbocycles. The highest BCUT2D eigenvalue weighted by Gasteiger charge is 2.50. The van der Waals surface area contributed by atoms with Gasteiger partial charge in [-0.1, -0.05) is 12.7 Å². The Kier molecular flexibility index (Phi) is 5.97. The average molecular weight is 285 g/mol. The molecule has 0 aromatic rings. The Morgan fingerprint density at radius 2 is 2.25 bits per heavy atom. The second kappa shape index (κ2) is 7.05. The van der Waals surface area contributed by atoms with Crippen LogP contribution in [0, 0.1) is 5.92 Å². The molecule has 0 bridgehead atoms. The van der Waals surface area contributed by atoms with E-state index in [1.165, 1.54) is 12.0 Å². The van der Waals surface area contributed by atoms with Gasteiger partial charge < -0.3 is 26.2 Å². The number of carbonyl (C=O) groups is 2. The van der Waals surface area contributed by atoms with Gasteiger partial charge in [-0.2, -0.15) is 0 Å². The van der Waals surface area contributed by atoms with Crippen LogP contribution in [0.4, 0.5) is 0 Å². The van der Waals surface area contributed by atoms with E-state index in [1.807, 2.05) is 7.85 Å². The van der Waals surface area contributed by atoms with E-state index in [0.29, 0.717) is 13.0 Å². The third kappa shape index (κ3) is 3.50. The van der Waals surface area contributed by atoms with E-state index >= 15 is 0 Å². The average Bonchev–Trinajstić information content (AvgIpc) is 2.74. The SMILES string of the molecule is BCCC[C@H]1CN(C(=O)[C@@H](N)COC)C[C@@]1(N)C(=O)O. The minimum absolute atomic E-state index is 0.00691. The number of carbonyl (C=O) groups excluding carboxylic acids is 1. The zero-order chi connectivity index (χ0) is 15.3. The molecule has 114 valence electrons. The third-order valence-electron chi connectivity index (χ3n) is 3.90. The zero-order valence-electron chi connectivity index (χ0n) is 12.2. The molecule has 1 amide bonds. The Morgan fingerprint density at radius 1 is 1.60 bits per heavy atom. The standard InChI is InChI=1S/C12H24BN3O4/c1-20-6-9(14)10(17)16-5-8(3-2-4-13)12(15,7-16)11(18)19/h8-9H,2-7,13-15H2,1H3,(H,18,19)/t8-,9-,12-/m0/s1. The highest BCUT2D eigenvalue weighted by molar-refractivity contribution is 6.08. The third-order valence-corrected chi connectivity index (χ3v) is 3.90. The van der Waals surface area contributed by atoms with Crippen molar-refractivity contribution in [2.24, 2.45) is 17.4 Å². The molecule has 1 fully saturated rings. The monoisotopic (exact) mass is 285 g/mol. The molecule has 1 heterocycles. The number of aliphatic carboxylic acids is 1. The second-order valence-corrected chi connectivity index (χ2v) is 5.47. The van der Waals surface area contributed by atoms with Gasteiger partial charge in [-0.05, 0) is 6.42 Å². The summed E-state index contributed by atoms with van der Waals surface area (Å²) in [6.07, 6.45) is 2.55. The number of carboxylic acids is 1. The van der Waals surface area contributed by atoms with Crippen molar-refractivity contribution in [3.63, 3.8) is 0 Å². The van der Waals surface area contributed by atoms with Crippen molar-refractivity contribution < 1.29 is 19.4 Å². The van der Waals surface area contributed by atoms with E-state index in [0.717, 1.165) is 12.7 Å². The molecule has 0 aromatic carbocycles. The van der Waals surface area contributed by atoms with E-state index < -0.39 is 17.6 Å². The topological polar surface area (TPSA) is 119 Å². The smallest absolute Gasteiger partial charge is 0.325 e. The highest BCUT2D eigenvalue weighted by Crippen LogP contribution is 2.30. The van der Waals surface area contributed by atoms with Gasteiger partial charge in [-0.15, -0.1) is 0 Å². The normalized spacial score (nSPS) is 27.6. The number of hydrogen-bond acceptors (Lipinski definition) is 5. The van der Waals surface area contributed by atoms with Gasteiger partial charge >= 0.3 is 5.97 Å². The van der Waals surface area contributed by atoms with Crippen LogP contribution in [-0.2, 0) is 14.3 Å². The maximum atomic E-state index is 12.1. The Hall–Kier alpha value is -1.12. The zero-order valence-corrected chi connectivity index (χ0v) is 12.2. The number of nitrogens with two attached hydrogens (primary N) is 2. The molecule has 8 heteroatoms. The maximum Gasteiger partial charge on any atom is 0.325 e. The van der Waals surface area contributed by atoms with Gasteiger partial charge in [-0.25, -0.2) is 0 Å². The summed E-state index contributed by atoms with van der Waals surface area (Å²) in [6, 6.07) is -0.775. The first-order valence-electron chi connectivity index (χ1n) is 6.92. The van der Waals surface area contributed by atoms with E-state index in [2.05, 4.69) is 0 Å². The number of ether oxygens (including phenoxy) is 1. The van der Waals surface area contributed by atoms with E-state index in [-0.39, 0.29) is 25.0 Å². The summed E-state index contributed by atoms with van der Waals surface area (Å²) in [4.78, 5) is 25.0. The number of carboxylic acid groups (broad SMARTS) is 1. The van der Waals surface area contributed by atoms with Gasteiger partial charge in [0, 0.05) is 26.1 Å². The minimum atomic E-state index is -1.38. The molecule has 0 spiro atoms. The van der Waals surface area contributed by atoms with Gasteiger partial charge in [-0.3, -0.25) is 9.59 Å². The van der Waals surface area contributed by atoms with Crippen LogP contribution in [-0.4, -0.2) is 68.1 Å². The minimum Gasteiger partial charge on any atom is -0.480 e. The van der Waals surface area contributed by atoms with E-state index in [4.69, 9.17) is 16.2 Å². The van der Waals surface area contributed by atoms with Crippen LogP contribution in [0.1, 0.15) is 12.8 Å². The molecule has 1 aliphatic rings. The quantitative estimate of drug-likeness (QED) is 0.467. The molecule has 0 unspecified atom stereocenters. The molecular weight excluding hydrogens is 261 g/mol. The molecule has 1 aliphatic heterocycles. The van der Waals surface area contributed by atoms with Crippen molar-refractivity contribution in [3.05, 3.63) is 0 Å². The summed E-state index contributed by atoms with van der Waals surface area (Å²) < 4.78 is 4.86. The Balaban J connectivity index is 2.79. The molecule has 1 rings (SSSR count). The van der Waals surface area contributed by atoms with Crippen LogP contribution in [0.2, 0.25) is 6.32 Å². The van der Waals surface area contributed by atoms with Crippen molar-refractivity contribution in [3.8, 4) is 0 Å². The first-order valence-corrected chi connectivity index (χ1v) is 6.92. The van der Waals surface area contributed by atoms with Gasteiger partial charge in [0.25, 0.3) is 0 Å². The lowest BCUT2D eigenvalue weighted by atomic mass is 9.83. The summed E-state index contributed by atoms with van der Waals surface area (Å²) in [5.41, 5.74) is 10.4. The van der Waals surface area contributed by atoms with E-state index in [9.17, 15) is 14.7 Å². The summed E-state index contributed by atoms with van der Waals surface area (Å²) in [5, 5.41) is 9.36. The number of rotatable bonds is 7. The predicted molar refractivity (Wildman–Crippen MR) is 77.1 cm³/mol. The van der Waals surface area contributed by atoms with Crippen LogP contribution < -0.4 is 11.5 Å². The van der Waals surface area contributed by atoms with Crippen LogP contribution in [0.25, 0.3) is 0 Å². The molecular formula is C12H24BN3O4. The fourth-order valence-electron chi connectivity index (χ4n) is 2.63. The van der Waals surface area contributed by atoms with Crippen LogP contribution in [0.3, 0.4) is 0 Å². The summed E-state index contributed by atoms with van der Waals surface area (Å²) in [6.45, 7) is 0.464. The van der Waals surface area contributed by atoms with Gasteiger partial charge in [0.05, 0.1) is 6.61 Å². The second-order valence-electron chi connectivity index (χ2n) is 5.47. The van der Waals surface area contributed by atoms with Gasteiger partial charge in [0.2, 0.25) is 5.91 Å². The summed E-state index contributed by atoms with van der Waals surface area (Å²) in [5.74, 6) is -1.60. The van der Waals surface area contributed by atoms with Gasteiger partial charge in [0.15, 0.2) is 0 Å². The Labute approximate surface area is 120 Å². The van der Waals surface area contributed by atoms with Crippen LogP contribution in [0.15, 0.2) is 0 Å². The maximum absolute atomic E-state index is 12.1. The lowest BCUT2D eigenvalue weighted by Crippen LogP contribution is -2.55. The fraction of sp³-hybridized carbons (Fsp3) is 0.833. The Bertz CT molecular complexity index is 369. The molecule has 0 saturated carbocycles. The molecule has 0 radical (unpaired) electrons. The number of likely N-dealkylation sites (tertiary alicyclic amines) is 1. The number of amides is 1. The first kappa shape index (κ1) is 16.9. The summed E-state index contributed by atoms with van der Waals surface area (Å²) >= 11 is 0. The van der Waals surface area contributed by atoms with Gasteiger partial charge in [0.1, 0.15) is 19.4 Å². The molecule has 5 N–H and O–H groups in total.